The van der Waals surface area contributed by atoms with Crippen LogP contribution in [0, 0.1) is 0 Å². The number of tetrazole rings is 1. The van der Waals surface area contributed by atoms with E-state index in [0.29, 0.717) is 12.4 Å². The quantitative estimate of drug-likeness (QED) is 0.330. The maximum absolute atomic E-state index is 13.5. The molecular formula is C30H31N7O2. The van der Waals surface area contributed by atoms with Crippen LogP contribution in [-0.2, 0) is 11.3 Å². The average molecular weight is 522 g/mol. The molecule has 39 heavy (non-hydrogen) atoms. The van der Waals surface area contributed by atoms with Crippen molar-refractivity contribution in [3.05, 3.63) is 66.4 Å². The molecule has 6 rings (SSSR count). The van der Waals surface area contributed by atoms with Gasteiger partial charge in [-0.05, 0) is 59.4 Å². The summed E-state index contributed by atoms with van der Waals surface area (Å²) in [6.45, 7) is 2.67. The van der Waals surface area contributed by atoms with E-state index in [-0.39, 0.29) is 5.91 Å². The number of ether oxygens (including phenoxy) is 1. The Morgan fingerprint density at radius 3 is 2.51 bits per heavy atom. The molecule has 198 valence electrons. The number of methoxy groups -OCH3 is 1. The van der Waals surface area contributed by atoms with E-state index in [2.05, 4.69) is 62.9 Å². The van der Waals surface area contributed by atoms with Crippen molar-refractivity contribution in [1.82, 2.24) is 30.5 Å². The molecule has 1 saturated carbocycles. The standard InChI is InChI=1S/C30H31N7O2/c1-3-6-27-32-30(14-4-5-15-30)29(38)37(27)19-20-7-9-21(10-8-20)25-17-22(26-18-23(39-2)13-16-31-26)11-12-24(25)28-33-35-36-34-28/h7-13,16-18H,3-6,14-15,19H2,1-2H3,(H,33,34,35,36). The number of nitrogens with zero attached hydrogens (tertiary/aromatic N) is 6. The van der Waals surface area contributed by atoms with E-state index in [1.165, 1.54) is 0 Å². The molecule has 2 aromatic carbocycles. The molecule has 2 aliphatic rings. The van der Waals surface area contributed by atoms with Gasteiger partial charge in [-0.15, -0.1) is 10.2 Å². The third-order valence-electron chi connectivity index (χ3n) is 7.68. The molecule has 9 nitrogen and oxygen atoms in total. The van der Waals surface area contributed by atoms with Crippen molar-refractivity contribution >= 4 is 11.7 Å². The Morgan fingerprint density at radius 2 is 1.79 bits per heavy atom. The predicted octanol–water partition coefficient (Wildman–Crippen LogP) is 5.46. The summed E-state index contributed by atoms with van der Waals surface area (Å²) in [6.07, 6.45) is 7.41. The number of pyridine rings is 1. The minimum Gasteiger partial charge on any atom is -0.497 e. The van der Waals surface area contributed by atoms with Crippen molar-refractivity contribution < 1.29 is 9.53 Å². The Balaban J connectivity index is 1.32. The fourth-order valence-electron chi connectivity index (χ4n) is 5.67. The first kappa shape index (κ1) is 24.9. The first-order valence-electron chi connectivity index (χ1n) is 13.5. The van der Waals surface area contributed by atoms with Crippen LogP contribution >= 0.6 is 0 Å². The number of hydrogen-bond donors (Lipinski definition) is 1. The van der Waals surface area contributed by atoms with E-state index in [9.17, 15) is 4.79 Å². The highest BCUT2D eigenvalue weighted by Crippen LogP contribution is 2.40. The normalized spacial score (nSPS) is 16.2. The van der Waals surface area contributed by atoms with Crippen LogP contribution in [0.1, 0.15) is 51.0 Å². The van der Waals surface area contributed by atoms with Crippen molar-refractivity contribution in [3.8, 4) is 39.5 Å². The summed E-state index contributed by atoms with van der Waals surface area (Å²) in [4.78, 5) is 24.9. The number of hydrogen-bond acceptors (Lipinski definition) is 7. The molecule has 1 spiro atoms. The number of carbonyl (C=O) groups is 1. The fourth-order valence-corrected chi connectivity index (χ4v) is 5.67. The van der Waals surface area contributed by atoms with Gasteiger partial charge in [0.2, 0.25) is 5.82 Å². The third-order valence-corrected chi connectivity index (χ3v) is 7.68. The second-order valence-corrected chi connectivity index (χ2v) is 10.2. The first-order chi connectivity index (χ1) is 19.1. The zero-order valence-corrected chi connectivity index (χ0v) is 22.2. The summed E-state index contributed by atoms with van der Waals surface area (Å²) in [5.74, 6) is 2.37. The molecule has 1 fully saturated rings. The van der Waals surface area contributed by atoms with Crippen molar-refractivity contribution in [2.75, 3.05) is 7.11 Å². The van der Waals surface area contributed by atoms with Crippen LogP contribution in [0.3, 0.4) is 0 Å². The van der Waals surface area contributed by atoms with Crippen molar-refractivity contribution in [1.29, 1.82) is 0 Å². The van der Waals surface area contributed by atoms with Crippen molar-refractivity contribution in [3.63, 3.8) is 0 Å². The highest BCUT2D eigenvalue weighted by molar-refractivity contribution is 6.08. The lowest BCUT2D eigenvalue weighted by Gasteiger charge is -2.22. The van der Waals surface area contributed by atoms with Crippen LogP contribution in [0.15, 0.2) is 65.8 Å². The molecule has 9 heteroatoms. The Morgan fingerprint density at radius 1 is 1.00 bits per heavy atom. The van der Waals surface area contributed by atoms with E-state index in [0.717, 1.165) is 83.6 Å². The Kier molecular flexibility index (Phi) is 6.64. The molecule has 0 unspecified atom stereocenters. The summed E-state index contributed by atoms with van der Waals surface area (Å²) >= 11 is 0. The Hall–Kier alpha value is -4.40. The van der Waals surface area contributed by atoms with Crippen LogP contribution < -0.4 is 4.74 Å². The summed E-state index contributed by atoms with van der Waals surface area (Å²) in [6, 6.07) is 18.1. The number of amides is 1. The lowest BCUT2D eigenvalue weighted by molar-refractivity contribution is -0.131. The lowest BCUT2D eigenvalue weighted by atomic mass is 9.94. The molecule has 0 bridgehead atoms. The minimum absolute atomic E-state index is 0.172. The molecule has 0 atom stereocenters. The molecule has 1 N–H and O–H groups in total. The molecule has 3 heterocycles. The van der Waals surface area contributed by atoms with E-state index in [4.69, 9.17) is 9.73 Å². The van der Waals surface area contributed by atoms with Crippen LogP contribution in [-0.4, -0.2) is 54.9 Å². The molecule has 4 aromatic rings. The highest BCUT2D eigenvalue weighted by Gasteiger charge is 2.49. The number of benzene rings is 2. The highest BCUT2D eigenvalue weighted by atomic mass is 16.5. The molecule has 1 aliphatic carbocycles. The fraction of sp³-hybridized carbons (Fsp3) is 0.333. The summed E-state index contributed by atoms with van der Waals surface area (Å²) < 4.78 is 5.39. The zero-order chi connectivity index (χ0) is 26.8. The molecule has 0 saturated heterocycles. The van der Waals surface area contributed by atoms with Gasteiger partial charge in [-0.2, -0.15) is 5.21 Å². The lowest BCUT2D eigenvalue weighted by Crippen LogP contribution is -2.40. The monoisotopic (exact) mass is 521 g/mol. The number of nitrogens with one attached hydrogen (secondary N) is 1. The summed E-state index contributed by atoms with van der Waals surface area (Å²) in [7, 11) is 1.64. The van der Waals surface area contributed by atoms with Gasteiger partial charge in [-0.25, -0.2) is 0 Å². The number of H-pyrrole nitrogens is 1. The number of rotatable bonds is 8. The van der Waals surface area contributed by atoms with Crippen LogP contribution in [0.5, 0.6) is 5.75 Å². The van der Waals surface area contributed by atoms with Gasteiger partial charge in [0.15, 0.2) is 0 Å². The van der Waals surface area contributed by atoms with Gasteiger partial charge in [0.1, 0.15) is 17.1 Å². The van der Waals surface area contributed by atoms with E-state index < -0.39 is 5.54 Å². The third kappa shape index (κ3) is 4.69. The van der Waals surface area contributed by atoms with Gasteiger partial charge < -0.3 is 4.74 Å². The second kappa shape index (κ2) is 10.4. The second-order valence-electron chi connectivity index (χ2n) is 10.2. The molecule has 1 amide bonds. The minimum atomic E-state index is -0.515. The molecule has 0 radical (unpaired) electrons. The summed E-state index contributed by atoms with van der Waals surface area (Å²) in [5, 5.41) is 14.7. The predicted molar refractivity (Wildman–Crippen MR) is 149 cm³/mol. The number of amidine groups is 1. The van der Waals surface area contributed by atoms with Gasteiger partial charge in [-0.1, -0.05) is 50.1 Å². The SMILES string of the molecule is CCCC1=NC2(CCCC2)C(=O)N1Cc1ccc(-c2cc(-c3cc(OC)ccn3)ccc2-c2nn[nH]n2)cc1. The van der Waals surface area contributed by atoms with Crippen molar-refractivity contribution in [2.24, 2.45) is 4.99 Å². The number of carbonyl (C=O) groups excluding carboxylic acids is 1. The Labute approximate surface area is 227 Å². The van der Waals surface area contributed by atoms with Gasteiger partial charge in [0.25, 0.3) is 5.91 Å². The topological polar surface area (TPSA) is 109 Å². The maximum Gasteiger partial charge on any atom is 0.256 e. The van der Waals surface area contributed by atoms with Gasteiger partial charge in [-0.3, -0.25) is 19.7 Å². The zero-order valence-electron chi connectivity index (χ0n) is 22.2. The smallest absolute Gasteiger partial charge is 0.256 e. The van der Waals surface area contributed by atoms with Crippen molar-refractivity contribution in [2.45, 2.75) is 57.5 Å². The van der Waals surface area contributed by atoms with Crippen LogP contribution in [0.4, 0.5) is 0 Å². The maximum atomic E-state index is 13.5. The first-order valence-corrected chi connectivity index (χ1v) is 13.5. The van der Waals surface area contributed by atoms with Gasteiger partial charge in [0, 0.05) is 29.8 Å². The molecule has 1 aliphatic heterocycles. The number of aliphatic imine (C=N–C) groups is 1. The van der Waals surface area contributed by atoms with E-state index in [1.54, 1.807) is 13.3 Å². The number of aromatic nitrogens is 5. The largest absolute Gasteiger partial charge is 0.497 e. The van der Waals surface area contributed by atoms with Crippen LogP contribution in [0.2, 0.25) is 0 Å². The van der Waals surface area contributed by atoms with E-state index >= 15 is 0 Å². The average Bonchev–Trinajstić information content (AvgIpc) is 3.73. The number of aromatic amines is 1. The molecule has 2 aromatic heterocycles. The van der Waals surface area contributed by atoms with Gasteiger partial charge in [0.05, 0.1) is 19.3 Å². The molecular weight excluding hydrogens is 490 g/mol. The van der Waals surface area contributed by atoms with Crippen LogP contribution in [0.25, 0.3) is 33.8 Å². The van der Waals surface area contributed by atoms with Gasteiger partial charge >= 0.3 is 0 Å². The Bertz CT molecular complexity index is 1510. The van der Waals surface area contributed by atoms with E-state index in [1.807, 2.05) is 29.2 Å². The summed E-state index contributed by atoms with van der Waals surface area (Å²) in [5.41, 5.74) is 5.13.